The molecule has 0 bridgehead atoms. The first-order chi connectivity index (χ1) is 20.7. The fraction of sp³-hybridized carbons (Fsp3) is 0.939. The van der Waals surface area contributed by atoms with Crippen molar-refractivity contribution in [3.63, 3.8) is 0 Å². The highest BCUT2D eigenvalue weighted by atomic mass is 16.7. The third kappa shape index (κ3) is 17.7. The topological polar surface area (TPSA) is 155 Å². The summed E-state index contributed by atoms with van der Waals surface area (Å²) in [7, 11) is 0. The lowest BCUT2D eigenvalue weighted by Gasteiger charge is -2.40. The lowest BCUT2D eigenvalue weighted by Crippen LogP contribution is -2.55. The molecule has 254 valence electrons. The largest absolute Gasteiger partial charge is 0.466 e. The van der Waals surface area contributed by atoms with Crippen LogP contribution < -0.4 is 5.32 Å². The minimum absolute atomic E-state index is 0.0425. The molecule has 1 aliphatic heterocycles. The molecule has 43 heavy (non-hydrogen) atoms. The molecule has 10 nitrogen and oxygen atoms in total. The van der Waals surface area contributed by atoms with Crippen molar-refractivity contribution in [3.8, 4) is 0 Å². The number of carbonyl (C=O) groups is 2. The predicted octanol–water partition coefficient (Wildman–Crippen LogP) is 4.39. The van der Waals surface area contributed by atoms with Crippen LogP contribution in [0.15, 0.2) is 0 Å². The Labute approximate surface area is 260 Å². The van der Waals surface area contributed by atoms with Crippen LogP contribution in [0.2, 0.25) is 0 Å². The van der Waals surface area contributed by atoms with E-state index >= 15 is 0 Å². The summed E-state index contributed by atoms with van der Waals surface area (Å²) in [6, 6.07) is 0. The molecule has 1 aliphatic rings. The maximum Gasteiger partial charge on any atom is 0.305 e. The van der Waals surface area contributed by atoms with E-state index in [1.165, 1.54) is 25.7 Å². The molecular weight excluding hydrogens is 554 g/mol. The fourth-order valence-electron chi connectivity index (χ4n) is 5.68. The van der Waals surface area contributed by atoms with Gasteiger partial charge in [-0.3, -0.25) is 9.59 Å². The molecule has 1 heterocycles. The summed E-state index contributed by atoms with van der Waals surface area (Å²) < 4.78 is 16.6. The van der Waals surface area contributed by atoms with Gasteiger partial charge in [0.05, 0.1) is 25.9 Å². The van der Waals surface area contributed by atoms with Crippen molar-refractivity contribution >= 4 is 11.9 Å². The number of aliphatic hydroxyl groups excluding tert-OH is 4. The Bertz CT molecular complexity index is 710. The Balaban J connectivity index is 2.02. The minimum atomic E-state index is -1.15. The molecule has 1 fully saturated rings. The highest BCUT2D eigenvalue weighted by Gasteiger charge is 2.42. The number of hydrogen-bond donors (Lipinski definition) is 5. The number of esters is 1. The van der Waals surface area contributed by atoms with Crippen molar-refractivity contribution in [2.45, 2.75) is 155 Å². The highest BCUT2D eigenvalue weighted by molar-refractivity contribution is 5.75. The number of ether oxygens (including phenoxy) is 3. The van der Waals surface area contributed by atoms with Gasteiger partial charge in [0.1, 0.15) is 12.2 Å². The maximum atomic E-state index is 12.1. The third-order valence-corrected chi connectivity index (χ3v) is 8.66. The van der Waals surface area contributed by atoms with Gasteiger partial charge in [-0.15, -0.1) is 0 Å². The van der Waals surface area contributed by atoms with Gasteiger partial charge in [-0.2, -0.15) is 0 Å². The molecule has 6 unspecified atom stereocenters. The van der Waals surface area contributed by atoms with Gasteiger partial charge < -0.3 is 40.0 Å². The van der Waals surface area contributed by atoms with Crippen molar-refractivity contribution in [2.24, 2.45) is 11.3 Å². The highest BCUT2D eigenvalue weighted by Crippen LogP contribution is 2.35. The fourth-order valence-corrected chi connectivity index (χ4v) is 5.68. The monoisotopic (exact) mass is 617 g/mol. The standard InChI is InChI=1S/C33H63NO9/c1-4-5-10-18-33(3,19-11-13-22-35)20-15-24-41-29(38)17-9-7-6-8-12-21-34-28(37)16-14-23-42-32-26(2)30(39)31(40)27(25-36)43-32/h26-27,30-32,35-36,39-40H,4-25H2,1-3H3,(H,34,37). The van der Waals surface area contributed by atoms with Crippen LogP contribution in [0.3, 0.4) is 0 Å². The molecule has 0 aromatic heterocycles. The minimum Gasteiger partial charge on any atom is -0.466 e. The summed E-state index contributed by atoms with van der Waals surface area (Å²) in [6.07, 6.45) is 12.0. The first-order valence-electron chi connectivity index (χ1n) is 16.9. The molecule has 0 saturated carbocycles. The predicted molar refractivity (Wildman–Crippen MR) is 166 cm³/mol. The maximum absolute atomic E-state index is 12.1. The first kappa shape index (κ1) is 39.7. The summed E-state index contributed by atoms with van der Waals surface area (Å²) in [6.45, 7) is 7.49. The van der Waals surface area contributed by atoms with Crippen LogP contribution in [0.5, 0.6) is 0 Å². The smallest absolute Gasteiger partial charge is 0.305 e. The van der Waals surface area contributed by atoms with Crippen LogP contribution in [0, 0.1) is 11.3 Å². The molecule has 10 heteroatoms. The third-order valence-electron chi connectivity index (χ3n) is 8.66. The number of aliphatic hydroxyl groups is 4. The Morgan fingerprint density at radius 3 is 2.19 bits per heavy atom. The van der Waals surface area contributed by atoms with Gasteiger partial charge in [0, 0.05) is 31.9 Å². The molecule has 0 aromatic rings. The van der Waals surface area contributed by atoms with Gasteiger partial charge in [-0.05, 0) is 56.8 Å². The average Bonchev–Trinajstić information content (AvgIpc) is 2.99. The Kier molecular flexibility index (Phi) is 22.2. The van der Waals surface area contributed by atoms with Crippen molar-refractivity contribution in [2.75, 3.05) is 33.0 Å². The number of unbranched alkanes of at least 4 members (excludes halogenated alkanes) is 7. The van der Waals surface area contributed by atoms with Gasteiger partial charge in [-0.1, -0.05) is 65.7 Å². The number of nitrogens with one attached hydrogen (secondary N) is 1. The van der Waals surface area contributed by atoms with Crippen LogP contribution in [0.4, 0.5) is 0 Å². The van der Waals surface area contributed by atoms with E-state index < -0.39 is 37.1 Å². The van der Waals surface area contributed by atoms with Crippen molar-refractivity contribution < 1.29 is 44.2 Å². The summed E-state index contributed by atoms with van der Waals surface area (Å²) >= 11 is 0. The van der Waals surface area contributed by atoms with E-state index in [2.05, 4.69) is 19.2 Å². The molecule has 6 atom stereocenters. The second kappa shape index (κ2) is 24.0. The van der Waals surface area contributed by atoms with Gasteiger partial charge in [0.2, 0.25) is 5.91 Å². The van der Waals surface area contributed by atoms with Crippen molar-refractivity contribution in [1.82, 2.24) is 5.32 Å². The van der Waals surface area contributed by atoms with E-state index in [0.29, 0.717) is 32.4 Å². The summed E-state index contributed by atoms with van der Waals surface area (Å²) in [5, 5.41) is 41.3. The Hall–Kier alpha value is -1.30. The summed E-state index contributed by atoms with van der Waals surface area (Å²) in [5.74, 6) is -0.604. The molecule has 1 rings (SSSR count). The van der Waals surface area contributed by atoms with E-state index in [-0.39, 0.29) is 30.5 Å². The van der Waals surface area contributed by atoms with Crippen molar-refractivity contribution in [1.29, 1.82) is 0 Å². The van der Waals surface area contributed by atoms with E-state index in [9.17, 15) is 24.9 Å². The average molecular weight is 618 g/mol. The lowest BCUT2D eigenvalue weighted by atomic mass is 9.76. The molecule has 0 spiro atoms. The first-order valence-corrected chi connectivity index (χ1v) is 16.9. The zero-order valence-corrected chi connectivity index (χ0v) is 27.3. The normalized spacial score (nSPS) is 23.6. The lowest BCUT2D eigenvalue weighted by molar-refractivity contribution is -0.282. The van der Waals surface area contributed by atoms with Crippen molar-refractivity contribution in [3.05, 3.63) is 0 Å². The van der Waals surface area contributed by atoms with E-state index in [1.54, 1.807) is 6.92 Å². The van der Waals surface area contributed by atoms with Gasteiger partial charge in [0.25, 0.3) is 0 Å². The van der Waals surface area contributed by atoms with Gasteiger partial charge >= 0.3 is 5.97 Å². The summed E-state index contributed by atoms with van der Waals surface area (Å²) in [5.41, 5.74) is 0.260. The second-order valence-electron chi connectivity index (χ2n) is 12.7. The molecule has 0 aromatic carbocycles. The number of hydrogen-bond acceptors (Lipinski definition) is 9. The zero-order chi connectivity index (χ0) is 31.9. The Morgan fingerprint density at radius 1 is 0.814 bits per heavy atom. The molecule has 1 saturated heterocycles. The van der Waals surface area contributed by atoms with E-state index in [1.807, 2.05) is 0 Å². The number of rotatable bonds is 26. The molecule has 0 radical (unpaired) electrons. The molecular formula is C33H63NO9. The van der Waals surface area contributed by atoms with Gasteiger partial charge in [-0.25, -0.2) is 0 Å². The van der Waals surface area contributed by atoms with E-state index in [4.69, 9.17) is 19.3 Å². The van der Waals surface area contributed by atoms with Crippen LogP contribution in [0.25, 0.3) is 0 Å². The zero-order valence-electron chi connectivity index (χ0n) is 27.3. The number of carbonyl (C=O) groups excluding carboxylic acids is 2. The van der Waals surface area contributed by atoms with E-state index in [0.717, 1.165) is 64.2 Å². The molecule has 0 aliphatic carbocycles. The Morgan fingerprint density at radius 2 is 1.49 bits per heavy atom. The second-order valence-corrected chi connectivity index (χ2v) is 12.7. The summed E-state index contributed by atoms with van der Waals surface area (Å²) in [4.78, 5) is 24.2. The number of amides is 1. The van der Waals surface area contributed by atoms with Crippen LogP contribution >= 0.6 is 0 Å². The van der Waals surface area contributed by atoms with Crippen LogP contribution in [0.1, 0.15) is 130 Å². The van der Waals surface area contributed by atoms with Crippen LogP contribution in [-0.2, 0) is 23.8 Å². The van der Waals surface area contributed by atoms with Crippen LogP contribution in [-0.4, -0.2) is 89.9 Å². The molecule has 5 N–H and O–H groups in total. The SMILES string of the molecule is CCCCCC(C)(CCCCO)CCCOC(=O)CCCCCCCNC(=O)CCCOC1OC(CO)C(O)C(O)C1C. The molecule has 1 amide bonds. The van der Waals surface area contributed by atoms with Gasteiger partial charge in [0.15, 0.2) is 6.29 Å². The quantitative estimate of drug-likeness (QED) is 0.0702.